The van der Waals surface area contributed by atoms with Crippen molar-refractivity contribution < 1.29 is 14.3 Å². The van der Waals surface area contributed by atoms with E-state index in [9.17, 15) is 9.59 Å². The molecule has 1 aliphatic rings. The van der Waals surface area contributed by atoms with Gasteiger partial charge in [-0.25, -0.2) is 4.79 Å². The number of hydrogen-bond acceptors (Lipinski definition) is 5. The van der Waals surface area contributed by atoms with Crippen LogP contribution in [-0.4, -0.2) is 51.6 Å². The summed E-state index contributed by atoms with van der Waals surface area (Å²) < 4.78 is 4.72. The lowest BCUT2D eigenvalue weighted by atomic mass is 10.4. The molecule has 2 heterocycles. The fourth-order valence-corrected chi connectivity index (χ4v) is 1.89. The zero-order chi connectivity index (χ0) is 13.7. The molecule has 1 saturated heterocycles. The molecule has 0 aromatic carbocycles. The van der Waals surface area contributed by atoms with Crippen molar-refractivity contribution in [2.45, 2.75) is 26.3 Å². The van der Waals surface area contributed by atoms with Crippen molar-refractivity contribution in [2.75, 3.05) is 25.0 Å². The maximum absolute atomic E-state index is 11.9. The second-order valence-corrected chi connectivity index (χ2v) is 4.19. The molecule has 0 unspecified atom stereocenters. The van der Waals surface area contributed by atoms with Crippen molar-refractivity contribution in [3.63, 3.8) is 0 Å². The van der Waals surface area contributed by atoms with E-state index in [1.54, 1.807) is 11.8 Å². The number of carbonyl (C=O) groups is 2. The molecule has 0 atom stereocenters. The largest absolute Gasteiger partial charge is 0.450 e. The Balaban J connectivity index is 1.86. The van der Waals surface area contributed by atoms with Crippen molar-refractivity contribution >= 4 is 17.8 Å². The summed E-state index contributed by atoms with van der Waals surface area (Å²) in [5, 5.41) is 10.3. The molecule has 0 saturated carbocycles. The van der Waals surface area contributed by atoms with Gasteiger partial charge in [-0.3, -0.25) is 10.1 Å². The first-order chi connectivity index (χ1) is 9.19. The van der Waals surface area contributed by atoms with Gasteiger partial charge in [0.2, 0.25) is 5.91 Å². The molecule has 2 amide bonds. The van der Waals surface area contributed by atoms with Crippen LogP contribution in [-0.2, 0) is 16.1 Å². The zero-order valence-electron chi connectivity index (χ0n) is 10.8. The molecule has 0 spiro atoms. The average Bonchev–Trinajstić information content (AvgIpc) is 3.00. The van der Waals surface area contributed by atoms with Gasteiger partial charge in [0.25, 0.3) is 0 Å². The Morgan fingerprint density at radius 1 is 1.42 bits per heavy atom. The van der Waals surface area contributed by atoms with Gasteiger partial charge in [-0.1, -0.05) is 0 Å². The molecule has 0 radical (unpaired) electrons. The van der Waals surface area contributed by atoms with E-state index in [4.69, 9.17) is 4.74 Å². The van der Waals surface area contributed by atoms with Crippen molar-refractivity contribution in [1.29, 1.82) is 0 Å². The maximum Gasteiger partial charge on any atom is 0.412 e. The van der Waals surface area contributed by atoms with Crippen LogP contribution in [0.15, 0.2) is 6.20 Å². The Morgan fingerprint density at radius 3 is 2.84 bits per heavy atom. The Labute approximate surface area is 110 Å². The van der Waals surface area contributed by atoms with Crippen LogP contribution in [0.4, 0.5) is 10.6 Å². The van der Waals surface area contributed by atoms with Gasteiger partial charge in [0.15, 0.2) is 5.82 Å². The number of aromatic nitrogens is 3. The van der Waals surface area contributed by atoms with Gasteiger partial charge in [0.05, 0.1) is 12.8 Å². The molecule has 8 heteroatoms. The van der Waals surface area contributed by atoms with Crippen molar-refractivity contribution in [3.8, 4) is 0 Å². The molecule has 2 rings (SSSR count). The first kappa shape index (κ1) is 13.3. The van der Waals surface area contributed by atoms with E-state index >= 15 is 0 Å². The number of nitrogens with one attached hydrogen (secondary N) is 1. The van der Waals surface area contributed by atoms with Crippen molar-refractivity contribution in [2.24, 2.45) is 0 Å². The first-order valence-corrected chi connectivity index (χ1v) is 6.30. The van der Waals surface area contributed by atoms with Gasteiger partial charge in [-0.15, -0.1) is 5.10 Å². The molecule has 1 fully saturated rings. The van der Waals surface area contributed by atoms with Crippen LogP contribution in [0.25, 0.3) is 0 Å². The smallest absolute Gasteiger partial charge is 0.412 e. The lowest BCUT2D eigenvalue weighted by Crippen LogP contribution is -2.31. The second-order valence-electron chi connectivity index (χ2n) is 4.19. The first-order valence-electron chi connectivity index (χ1n) is 6.30. The predicted octanol–water partition coefficient (Wildman–Crippen LogP) is 0.469. The number of nitrogens with zero attached hydrogens (tertiary/aromatic N) is 4. The predicted molar refractivity (Wildman–Crippen MR) is 66.5 cm³/mol. The summed E-state index contributed by atoms with van der Waals surface area (Å²) in [5.74, 6) is 0.267. The lowest BCUT2D eigenvalue weighted by Gasteiger charge is -2.14. The third kappa shape index (κ3) is 3.67. The van der Waals surface area contributed by atoms with E-state index in [1.165, 1.54) is 11.0 Å². The molecule has 19 heavy (non-hydrogen) atoms. The van der Waals surface area contributed by atoms with Crippen LogP contribution < -0.4 is 5.32 Å². The quantitative estimate of drug-likeness (QED) is 0.856. The zero-order valence-corrected chi connectivity index (χ0v) is 10.8. The highest BCUT2D eigenvalue weighted by Crippen LogP contribution is 2.08. The van der Waals surface area contributed by atoms with Crippen LogP contribution in [0.1, 0.15) is 19.8 Å². The molecule has 8 nitrogen and oxygen atoms in total. The van der Waals surface area contributed by atoms with Gasteiger partial charge < -0.3 is 9.64 Å². The van der Waals surface area contributed by atoms with Crippen molar-refractivity contribution in [3.05, 3.63) is 6.20 Å². The van der Waals surface area contributed by atoms with Crippen LogP contribution in [0.3, 0.4) is 0 Å². The molecule has 1 N–H and O–H groups in total. The van der Waals surface area contributed by atoms with Gasteiger partial charge in [-0.2, -0.15) is 9.90 Å². The highest BCUT2D eigenvalue weighted by atomic mass is 16.5. The van der Waals surface area contributed by atoms with Gasteiger partial charge in [-0.05, 0) is 19.8 Å². The maximum atomic E-state index is 11.9. The number of anilines is 1. The van der Waals surface area contributed by atoms with Crippen molar-refractivity contribution in [1.82, 2.24) is 19.9 Å². The Bertz CT molecular complexity index is 453. The summed E-state index contributed by atoms with van der Waals surface area (Å²) in [5.41, 5.74) is 0. The third-order valence-corrected chi connectivity index (χ3v) is 2.78. The normalized spacial score (nSPS) is 14.5. The van der Waals surface area contributed by atoms with Crippen LogP contribution in [0.5, 0.6) is 0 Å². The Morgan fingerprint density at radius 2 is 2.16 bits per heavy atom. The summed E-state index contributed by atoms with van der Waals surface area (Å²) in [4.78, 5) is 26.1. The molecular formula is C11H17N5O3. The third-order valence-electron chi connectivity index (χ3n) is 2.78. The fraction of sp³-hybridized carbons (Fsp3) is 0.636. The molecular weight excluding hydrogens is 250 g/mol. The number of ether oxygens (including phenoxy) is 1. The average molecular weight is 267 g/mol. The van der Waals surface area contributed by atoms with Gasteiger partial charge >= 0.3 is 6.09 Å². The highest BCUT2D eigenvalue weighted by Gasteiger charge is 2.19. The second kappa shape index (κ2) is 6.17. The standard InChI is InChI=1S/C11H17N5O3/c1-2-19-11(18)13-9-7-12-16(14-9)8-10(17)15-5-3-4-6-15/h7H,2-6,8H2,1H3,(H,13,14,18). The molecule has 104 valence electrons. The van der Waals surface area contributed by atoms with Gasteiger partial charge in [0, 0.05) is 13.1 Å². The summed E-state index contributed by atoms with van der Waals surface area (Å²) in [7, 11) is 0. The summed E-state index contributed by atoms with van der Waals surface area (Å²) in [6.45, 7) is 3.69. The fourth-order valence-electron chi connectivity index (χ4n) is 1.89. The van der Waals surface area contributed by atoms with E-state index < -0.39 is 6.09 Å². The molecule has 0 bridgehead atoms. The minimum atomic E-state index is -0.583. The molecule has 1 aromatic rings. The minimum Gasteiger partial charge on any atom is -0.450 e. The molecule has 0 aliphatic carbocycles. The number of amides is 2. The summed E-state index contributed by atoms with van der Waals surface area (Å²) in [6.07, 6.45) is 2.90. The summed E-state index contributed by atoms with van der Waals surface area (Å²) in [6, 6.07) is 0. The Hall–Kier alpha value is -2.12. The number of likely N-dealkylation sites (tertiary alicyclic amines) is 1. The molecule has 1 aromatic heterocycles. The van der Waals surface area contributed by atoms with E-state index in [0.29, 0.717) is 0 Å². The topological polar surface area (TPSA) is 89.3 Å². The van der Waals surface area contributed by atoms with E-state index in [1.807, 2.05) is 0 Å². The number of rotatable bonds is 4. The van der Waals surface area contributed by atoms with E-state index in [0.717, 1.165) is 25.9 Å². The SMILES string of the molecule is CCOC(=O)Nc1cnn(CC(=O)N2CCCC2)n1. The van der Waals surface area contributed by atoms with Crippen LogP contribution in [0.2, 0.25) is 0 Å². The number of carbonyl (C=O) groups excluding carboxylic acids is 2. The van der Waals surface area contributed by atoms with Crippen LogP contribution >= 0.6 is 0 Å². The number of hydrogen-bond donors (Lipinski definition) is 1. The lowest BCUT2D eigenvalue weighted by molar-refractivity contribution is -0.131. The summed E-state index contributed by atoms with van der Waals surface area (Å²) >= 11 is 0. The highest BCUT2D eigenvalue weighted by molar-refractivity contribution is 5.83. The van der Waals surface area contributed by atoms with E-state index in [2.05, 4.69) is 15.5 Å². The monoisotopic (exact) mass is 267 g/mol. The van der Waals surface area contributed by atoms with Gasteiger partial charge in [0.1, 0.15) is 6.54 Å². The van der Waals surface area contributed by atoms with E-state index in [-0.39, 0.29) is 24.9 Å². The van der Waals surface area contributed by atoms with Crippen LogP contribution in [0, 0.1) is 0 Å². The Kier molecular flexibility index (Phi) is 4.32. The molecule has 1 aliphatic heterocycles. The minimum absolute atomic E-state index is 0.00390.